The summed E-state index contributed by atoms with van der Waals surface area (Å²) in [6.45, 7) is 0. The molecule has 0 fully saturated rings. The molecule has 0 aliphatic carbocycles. The number of ether oxygens (including phenoxy) is 1. The SMILES string of the molecule is COc1nncc(-c2ccc(Cl)cc2)n1. The van der Waals surface area contributed by atoms with Gasteiger partial charge in [0.1, 0.15) is 0 Å². The van der Waals surface area contributed by atoms with Crippen LogP contribution >= 0.6 is 11.6 Å². The summed E-state index contributed by atoms with van der Waals surface area (Å²) in [6, 6.07) is 7.58. The smallest absolute Gasteiger partial charge is 0.335 e. The second-order valence-electron chi connectivity index (χ2n) is 2.84. The van der Waals surface area contributed by atoms with Gasteiger partial charge in [0.15, 0.2) is 0 Å². The number of nitrogens with zero attached hydrogens (tertiary/aromatic N) is 3. The molecule has 76 valence electrons. The fourth-order valence-corrected chi connectivity index (χ4v) is 1.26. The molecule has 1 aromatic carbocycles. The van der Waals surface area contributed by atoms with Crippen LogP contribution in [0.15, 0.2) is 30.5 Å². The van der Waals surface area contributed by atoms with Gasteiger partial charge in [-0.25, -0.2) is 0 Å². The van der Waals surface area contributed by atoms with E-state index in [4.69, 9.17) is 16.3 Å². The van der Waals surface area contributed by atoms with E-state index in [1.165, 1.54) is 7.11 Å². The van der Waals surface area contributed by atoms with Crippen LogP contribution in [0.2, 0.25) is 5.02 Å². The Bertz CT molecular complexity index is 458. The molecule has 0 N–H and O–H groups in total. The number of methoxy groups -OCH3 is 1. The van der Waals surface area contributed by atoms with Gasteiger partial charge in [-0.3, -0.25) is 0 Å². The van der Waals surface area contributed by atoms with E-state index in [0.717, 1.165) is 5.56 Å². The first kappa shape index (κ1) is 9.86. The molecule has 0 spiro atoms. The van der Waals surface area contributed by atoms with Crippen molar-refractivity contribution in [3.63, 3.8) is 0 Å². The first-order valence-corrected chi connectivity index (χ1v) is 4.67. The van der Waals surface area contributed by atoms with Crippen molar-refractivity contribution in [3.05, 3.63) is 35.5 Å². The first-order valence-electron chi connectivity index (χ1n) is 4.29. The lowest BCUT2D eigenvalue weighted by molar-refractivity contribution is 0.374. The van der Waals surface area contributed by atoms with Gasteiger partial charge in [0.2, 0.25) is 0 Å². The highest BCUT2D eigenvalue weighted by atomic mass is 35.5. The maximum atomic E-state index is 5.78. The minimum absolute atomic E-state index is 0.252. The van der Waals surface area contributed by atoms with Gasteiger partial charge in [-0.1, -0.05) is 28.8 Å². The lowest BCUT2D eigenvalue weighted by atomic mass is 10.2. The van der Waals surface area contributed by atoms with E-state index in [9.17, 15) is 0 Å². The summed E-state index contributed by atoms with van der Waals surface area (Å²) >= 11 is 5.78. The van der Waals surface area contributed by atoms with E-state index < -0.39 is 0 Å². The molecule has 0 atom stereocenters. The van der Waals surface area contributed by atoms with Crippen molar-refractivity contribution in [2.75, 3.05) is 7.11 Å². The Labute approximate surface area is 91.9 Å². The highest BCUT2D eigenvalue weighted by molar-refractivity contribution is 6.30. The van der Waals surface area contributed by atoms with Gasteiger partial charge in [-0.15, -0.1) is 0 Å². The Balaban J connectivity index is 2.40. The predicted molar refractivity (Wildman–Crippen MR) is 56.8 cm³/mol. The maximum absolute atomic E-state index is 5.78. The Morgan fingerprint density at radius 3 is 2.60 bits per heavy atom. The minimum Gasteiger partial charge on any atom is -0.466 e. The quantitative estimate of drug-likeness (QED) is 0.780. The summed E-state index contributed by atoms with van der Waals surface area (Å²) in [4.78, 5) is 4.15. The van der Waals surface area contributed by atoms with Crippen LogP contribution in [0, 0.1) is 0 Å². The second kappa shape index (κ2) is 4.23. The molecule has 0 aliphatic rings. The molecule has 2 aromatic rings. The number of halogens is 1. The van der Waals surface area contributed by atoms with Crippen molar-refractivity contribution in [2.45, 2.75) is 0 Å². The third-order valence-electron chi connectivity index (χ3n) is 1.86. The minimum atomic E-state index is 0.252. The Kier molecular flexibility index (Phi) is 2.78. The molecule has 5 heteroatoms. The van der Waals surface area contributed by atoms with E-state index in [2.05, 4.69) is 15.2 Å². The van der Waals surface area contributed by atoms with E-state index in [1.54, 1.807) is 18.3 Å². The molecule has 4 nitrogen and oxygen atoms in total. The summed E-state index contributed by atoms with van der Waals surface area (Å²) in [6.07, 6.45) is 1.58. The first-order chi connectivity index (χ1) is 7.29. The summed E-state index contributed by atoms with van der Waals surface area (Å²) in [5.41, 5.74) is 1.63. The van der Waals surface area contributed by atoms with Gasteiger partial charge in [-0.05, 0) is 12.1 Å². The number of benzene rings is 1. The van der Waals surface area contributed by atoms with Gasteiger partial charge in [-0.2, -0.15) is 10.1 Å². The summed E-state index contributed by atoms with van der Waals surface area (Å²) < 4.78 is 4.89. The highest BCUT2D eigenvalue weighted by Gasteiger charge is 2.02. The van der Waals surface area contributed by atoms with Gasteiger partial charge in [0, 0.05) is 10.6 Å². The Morgan fingerprint density at radius 1 is 1.20 bits per heavy atom. The van der Waals surface area contributed by atoms with E-state index in [1.807, 2.05) is 12.1 Å². The number of rotatable bonds is 2. The van der Waals surface area contributed by atoms with E-state index in [-0.39, 0.29) is 6.01 Å². The van der Waals surface area contributed by atoms with E-state index in [0.29, 0.717) is 10.7 Å². The fraction of sp³-hybridized carbons (Fsp3) is 0.100. The summed E-state index contributed by atoms with van der Waals surface area (Å²) in [5.74, 6) is 0. The van der Waals surface area contributed by atoms with Gasteiger partial charge in [0.05, 0.1) is 19.0 Å². The normalized spacial score (nSPS) is 10.0. The third kappa shape index (κ3) is 2.22. The Morgan fingerprint density at radius 2 is 1.93 bits per heavy atom. The summed E-state index contributed by atoms with van der Waals surface area (Å²) in [5, 5.41) is 8.16. The van der Waals surface area contributed by atoms with Gasteiger partial charge >= 0.3 is 6.01 Å². The zero-order valence-corrected chi connectivity index (χ0v) is 8.77. The lowest BCUT2D eigenvalue weighted by Gasteiger charge is -2.01. The van der Waals surface area contributed by atoms with Gasteiger partial charge < -0.3 is 4.74 Å². The molecule has 0 bridgehead atoms. The van der Waals surface area contributed by atoms with Crippen LogP contribution in [0.5, 0.6) is 6.01 Å². The van der Waals surface area contributed by atoms with Crippen molar-refractivity contribution in [2.24, 2.45) is 0 Å². The molecule has 2 rings (SSSR count). The van der Waals surface area contributed by atoms with Crippen LogP contribution in [0.4, 0.5) is 0 Å². The molecule has 0 unspecified atom stereocenters. The zero-order valence-electron chi connectivity index (χ0n) is 8.01. The topological polar surface area (TPSA) is 47.9 Å². The Hall–Kier alpha value is -1.68. The van der Waals surface area contributed by atoms with Crippen LogP contribution in [0.3, 0.4) is 0 Å². The zero-order chi connectivity index (χ0) is 10.7. The molecule has 0 radical (unpaired) electrons. The second-order valence-corrected chi connectivity index (χ2v) is 3.27. The molecule has 1 heterocycles. The molecular weight excluding hydrogens is 214 g/mol. The van der Waals surface area contributed by atoms with Gasteiger partial charge in [0.25, 0.3) is 0 Å². The van der Waals surface area contributed by atoms with Crippen molar-refractivity contribution < 1.29 is 4.74 Å². The van der Waals surface area contributed by atoms with E-state index >= 15 is 0 Å². The molecule has 0 saturated heterocycles. The molecule has 1 aromatic heterocycles. The number of hydrogen-bond acceptors (Lipinski definition) is 4. The van der Waals surface area contributed by atoms with Crippen LogP contribution in [0.25, 0.3) is 11.3 Å². The highest BCUT2D eigenvalue weighted by Crippen LogP contribution is 2.19. The largest absolute Gasteiger partial charge is 0.466 e. The monoisotopic (exact) mass is 221 g/mol. The maximum Gasteiger partial charge on any atom is 0.335 e. The third-order valence-corrected chi connectivity index (χ3v) is 2.11. The van der Waals surface area contributed by atoms with Crippen molar-refractivity contribution >= 4 is 11.6 Å². The molecule has 0 aliphatic heterocycles. The van der Waals surface area contributed by atoms with Crippen molar-refractivity contribution in [1.82, 2.24) is 15.2 Å². The number of hydrogen-bond donors (Lipinski definition) is 0. The summed E-state index contributed by atoms with van der Waals surface area (Å²) in [7, 11) is 1.50. The van der Waals surface area contributed by atoms with Crippen molar-refractivity contribution in [1.29, 1.82) is 0 Å². The fourth-order valence-electron chi connectivity index (χ4n) is 1.13. The molecule has 0 saturated carbocycles. The van der Waals surface area contributed by atoms with Crippen LogP contribution < -0.4 is 4.74 Å². The van der Waals surface area contributed by atoms with Crippen LogP contribution in [-0.4, -0.2) is 22.3 Å². The standard InChI is InChI=1S/C10H8ClN3O/c1-15-10-13-9(6-12-14-10)7-2-4-8(11)5-3-7/h2-6H,1H3. The predicted octanol–water partition coefficient (Wildman–Crippen LogP) is 2.20. The average Bonchev–Trinajstić information content (AvgIpc) is 2.30. The van der Waals surface area contributed by atoms with Crippen LogP contribution in [0.1, 0.15) is 0 Å². The number of aromatic nitrogens is 3. The molecule has 15 heavy (non-hydrogen) atoms. The molecule has 0 amide bonds. The average molecular weight is 222 g/mol. The molecular formula is C10H8ClN3O. The van der Waals surface area contributed by atoms with Crippen molar-refractivity contribution in [3.8, 4) is 17.3 Å². The van der Waals surface area contributed by atoms with Crippen LogP contribution in [-0.2, 0) is 0 Å². The lowest BCUT2D eigenvalue weighted by Crippen LogP contribution is -1.95.